The minimum Gasteiger partial charge on any atom is -0.507 e. The second kappa shape index (κ2) is 8.96. The van der Waals surface area contributed by atoms with Crippen molar-refractivity contribution in [3.63, 3.8) is 0 Å². The molecule has 1 N–H and O–H groups in total. The third kappa shape index (κ3) is 3.95. The van der Waals surface area contributed by atoms with Crippen LogP contribution in [0.15, 0.2) is 100 Å². The molecule has 0 radical (unpaired) electrons. The average Bonchev–Trinajstić information content (AvgIpc) is 2.84. The van der Waals surface area contributed by atoms with Crippen LogP contribution in [0.2, 0.25) is 0 Å². The number of fused-ring (bicyclic) bond motifs is 2. The third-order valence-corrected chi connectivity index (χ3v) is 6.74. The number of hydrogen-bond donors (Lipinski definition) is 1. The number of phenolic OH excluding ortho intramolecular Hbond substituents is 1. The molecule has 0 fully saturated rings. The molecule has 168 valence electrons. The fourth-order valence-corrected chi connectivity index (χ4v) is 4.73. The molecule has 0 unspecified atom stereocenters. The van der Waals surface area contributed by atoms with Crippen molar-refractivity contribution >= 4 is 49.0 Å². The van der Waals surface area contributed by atoms with Gasteiger partial charge in [0.2, 0.25) is 0 Å². The summed E-state index contributed by atoms with van der Waals surface area (Å²) in [6.07, 6.45) is 0. The van der Waals surface area contributed by atoms with Gasteiger partial charge < -0.3 is 10.0 Å². The molecule has 0 aliphatic rings. The van der Waals surface area contributed by atoms with Crippen molar-refractivity contribution in [3.8, 4) is 28.0 Å². The number of aliphatic imine (C=N–C) groups is 1. The largest absolute Gasteiger partial charge is 0.507 e. The van der Waals surface area contributed by atoms with Crippen LogP contribution in [0.3, 0.4) is 0 Å². The monoisotopic (exact) mass is 508 g/mol. The van der Waals surface area contributed by atoms with Gasteiger partial charge in [-0.2, -0.15) is 0 Å². The Labute approximate surface area is 208 Å². The van der Waals surface area contributed by atoms with E-state index in [-0.39, 0.29) is 5.75 Å². The zero-order chi connectivity index (χ0) is 23.8. The number of phenols is 1. The molecule has 0 spiro atoms. The van der Waals surface area contributed by atoms with Crippen molar-refractivity contribution < 1.29 is 5.11 Å². The van der Waals surface area contributed by atoms with Gasteiger partial charge in [0.1, 0.15) is 11.6 Å². The Bertz CT molecular complexity index is 1560. The van der Waals surface area contributed by atoms with Crippen LogP contribution >= 0.6 is 15.9 Å². The summed E-state index contributed by atoms with van der Waals surface area (Å²) in [4.78, 5) is 6.97. The van der Waals surface area contributed by atoms with Gasteiger partial charge in [-0.15, -0.1) is 0 Å². The van der Waals surface area contributed by atoms with Crippen LogP contribution in [-0.4, -0.2) is 29.9 Å². The first-order valence-corrected chi connectivity index (χ1v) is 12.0. The zero-order valence-corrected chi connectivity index (χ0v) is 21.0. The lowest BCUT2D eigenvalue weighted by Gasteiger charge is -2.19. The summed E-state index contributed by atoms with van der Waals surface area (Å²) >= 11 is 3.63. The molecule has 0 aliphatic carbocycles. The van der Waals surface area contributed by atoms with Crippen molar-refractivity contribution in [2.75, 3.05) is 14.1 Å². The maximum absolute atomic E-state index is 11.8. The van der Waals surface area contributed by atoms with Crippen LogP contribution in [0.5, 0.6) is 5.75 Å². The van der Waals surface area contributed by atoms with Crippen molar-refractivity contribution in [2.24, 2.45) is 4.99 Å². The number of halogens is 1. The number of hydrogen-bond acceptors (Lipinski definition) is 2. The molecule has 5 rings (SSSR count). The first-order valence-electron chi connectivity index (χ1n) is 11.2. The Morgan fingerprint density at radius 1 is 0.765 bits per heavy atom. The van der Waals surface area contributed by atoms with Crippen molar-refractivity contribution in [1.29, 1.82) is 0 Å². The summed E-state index contributed by atoms with van der Waals surface area (Å²) in [7, 11) is 3.97. The van der Waals surface area contributed by atoms with Gasteiger partial charge in [0, 0.05) is 35.3 Å². The number of aromatic hydroxyl groups is 1. The highest BCUT2D eigenvalue weighted by molar-refractivity contribution is 9.10. The summed E-state index contributed by atoms with van der Waals surface area (Å²) in [5.74, 6) is 1.15. The molecule has 0 aromatic heterocycles. The molecule has 4 heteroatoms. The van der Waals surface area contributed by atoms with Gasteiger partial charge in [-0.05, 0) is 58.3 Å². The molecular formula is C30H25BrN2O. The normalized spacial score (nSPS) is 11.8. The molecule has 0 atom stereocenters. The van der Waals surface area contributed by atoms with E-state index in [0.29, 0.717) is 0 Å². The summed E-state index contributed by atoms with van der Waals surface area (Å²) in [5, 5.41) is 16.0. The van der Waals surface area contributed by atoms with Crippen LogP contribution < -0.4 is 0 Å². The Balaban J connectivity index is 1.96. The maximum Gasteiger partial charge on any atom is 0.131 e. The summed E-state index contributed by atoms with van der Waals surface area (Å²) in [6.45, 7) is 1.99. The van der Waals surface area contributed by atoms with E-state index < -0.39 is 0 Å². The molecule has 0 saturated carbocycles. The van der Waals surface area contributed by atoms with Crippen LogP contribution in [0.4, 0.5) is 5.69 Å². The quantitative estimate of drug-likeness (QED) is 0.196. The lowest BCUT2D eigenvalue weighted by molar-refractivity contribution is 0.480. The molecule has 3 nitrogen and oxygen atoms in total. The van der Waals surface area contributed by atoms with Crippen molar-refractivity contribution in [3.05, 3.63) is 95.5 Å². The molecular weight excluding hydrogens is 484 g/mol. The molecule has 34 heavy (non-hydrogen) atoms. The molecule has 0 amide bonds. The SMILES string of the molecule is CC(=Nc1ccc2ccccc2c1-c1c(O)c(-c2ccccc2)cc2cc(Br)ccc12)N(C)C. The minimum atomic E-state index is 0.260. The first-order chi connectivity index (χ1) is 16.4. The van der Waals surface area contributed by atoms with E-state index in [1.807, 2.05) is 80.5 Å². The van der Waals surface area contributed by atoms with Gasteiger partial charge in [0.15, 0.2) is 0 Å². The van der Waals surface area contributed by atoms with E-state index in [4.69, 9.17) is 4.99 Å². The van der Waals surface area contributed by atoms with E-state index in [0.717, 1.165) is 59.8 Å². The predicted molar refractivity (Wildman–Crippen MR) is 148 cm³/mol. The van der Waals surface area contributed by atoms with E-state index in [1.165, 1.54) is 0 Å². The average molecular weight is 509 g/mol. The highest BCUT2D eigenvalue weighted by Gasteiger charge is 2.21. The van der Waals surface area contributed by atoms with E-state index in [1.54, 1.807) is 0 Å². The maximum atomic E-state index is 11.8. The van der Waals surface area contributed by atoms with Crippen LogP contribution in [0.25, 0.3) is 43.8 Å². The Morgan fingerprint density at radius 3 is 2.24 bits per heavy atom. The van der Waals surface area contributed by atoms with Gasteiger partial charge in [0.25, 0.3) is 0 Å². The topological polar surface area (TPSA) is 35.8 Å². The molecule has 0 saturated heterocycles. The fraction of sp³-hybridized carbons (Fsp3) is 0.100. The van der Waals surface area contributed by atoms with Gasteiger partial charge in [0.05, 0.1) is 5.69 Å². The molecule has 5 aromatic rings. The lowest BCUT2D eigenvalue weighted by atomic mass is 9.88. The van der Waals surface area contributed by atoms with Crippen LogP contribution in [-0.2, 0) is 0 Å². The van der Waals surface area contributed by atoms with Gasteiger partial charge in [-0.25, -0.2) is 4.99 Å². The van der Waals surface area contributed by atoms with Crippen molar-refractivity contribution in [2.45, 2.75) is 6.92 Å². The van der Waals surface area contributed by atoms with Crippen LogP contribution in [0.1, 0.15) is 6.92 Å². The smallest absolute Gasteiger partial charge is 0.131 e. The standard InChI is InChI=1S/C30H25BrN2O/c1-19(33(2)3)32-27-16-13-21-11-7-8-12-24(21)28(27)29-25-15-14-23(31)17-22(25)18-26(30(29)34)20-9-5-4-6-10-20/h4-18,34H,1-3H3. The van der Waals surface area contributed by atoms with E-state index in [9.17, 15) is 5.11 Å². The lowest BCUT2D eigenvalue weighted by Crippen LogP contribution is -2.17. The number of rotatable bonds is 3. The highest BCUT2D eigenvalue weighted by Crippen LogP contribution is 2.49. The molecule has 0 heterocycles. The highest BCUT2D eigenvalue weighted by atomic mass is 79.9. The van der Waals surface area contributed by atoms with Gasteiger partial charge in [-0.1, -0.05) is 82.7 Å². The second-order valence-electron chi connectivity index (χ2n) is 8.61. The Kier molecular flexibility index (Phi) is 5.84. The molecule has 0 bridgehead atoms. The number of nitrogens with zero attached hydrogens (tertiary/aromatic N) is 2. The minimum absolute atomic E-state index is 0.260. The second-order valence-corrected chi connectivity index (χ2v) is 9.53. The summed E-state index contributed by atoms with van der Waals surface area (Å²) in [6, 6.07) is 30.7. The van der Waals surface area contributed by atoms with Crippen LogP contribution in [0, 0.1) is 0 Å². The number of amidine groups is 1. The number of benzene rings is 5. The van der Waals surface area contributed by atoms with E-state index in [2.05, 4.69) is 52.3 Å². The fourth-order valence-electron chi connectivity index (χ4n) is 4.35. The van der Waals surface area contributed by atoms with Gasteiger partial charge >= 0.3 is 0 Å². The molecule has 5 aromatic carbocycles. The van der Waals surface area contributed by atoms with E-state index >= 15 is 0 Å². The Morgan fingerprint density at radius 2 is 1.47 bits per heavy atom. The third-order valence-electron chi connectivity index (χ3n) is 6.25. The summed E-state index contributed by atoms with van der Waals surface area (Å²) in [5.41, 5.74) is 4.33. The van der Waals surface area contributed by atoms with Gasteiger partial charge in [-0.3, -0.25) is 0 Å². The summed E-state index contributed by atoms with van der Waals surface area (Å²) < 4.78 is 0.996. The predicted octanol–water partition coefficient (Wildman–Crippen LogP) is 8.41. The first kappa shape index (κ1) is 22.2. The zero-order valence-electron chi connectivity index (χ0n) is 19.4. The molecule has 0 aliphatic heterocycles. The Hall–Kier alpha value is -3.63. The van der Waals surface area contributed by atoms with Crippen molar-refractivity contribution in [1.82, 2.24) is 4.90 Å².